The molecule has 0 atom stereocenters. The van der Waals surface area contributed by atoms with Crippen molar-refractivity contribution in [1.82, 2.24) is 19.9 Å². The van der Waals surface area contributed by atoms with Gasteiger partial charge in [-0.2, -0.15) is 4.98 Å². The number of carbonyl (C=O) groups excluding carboxylic acids is 1. The highest BCUT2D eigenvalue weighted by atomic mass is 32.1. The van der Waals surface area contributed by atoms with Crippen LogP contribution in [0, 0.1) is 20.8 Å². The van der Waals surface area contributed by atoms with Gasteiger partial charge in [0.15, 0.2) is 0 Å². The lowest BCUT2D eigenvalue weighted by atomic mass is 10.2. The zero-order chi connectivity index (χ0) is 20.4. The van der Waals surface area contributed by atoms with Gasteiger partial charge in [0, 0.05) is 43.6 Å². The molecule has 0 spiro atoms. The zero-order valence-corrected chi connectivity index (χ0v) is 17.7. The third-order valence-corrected chi connectivity index (χ3v) is 5.90. The lowest BCUT2D eigenvalue weighted by Crippen LogP contribution is -2.49. The van der Waals surface area contributed by atoms with Crippen LogP contribution < -0.4 is 10.2 Å². The third kappa shape index (κ3) is 4.37. The first kappa shape index (κ1) is 19.3. The Labute approximate surface area is 174 Å². The largest absolute Gasteiger partial charge is 0.353 e. The van der Waals surface area contributed by atoms with Crippen molar-refractivity contribution < 1.29 is 4.79 Å². The molecule has 8 heteroatoms. The van der Waals surface area contributed by atoms with Crippen LogP contribution in [-0.4, -0.2) is 51.9 Å². The van der Waals surface area contributed by atoms with Gasteiger partial charge in [-0.15, -0.1) is 11.3 Å². The summed E-state index contributed by atoms with van der Waals surface area (Å²) in [6, 6.07) is 10.1. The minimum absolute atomic E-state index is 0.0743. The van der Waals surface area contributed by atoms with E-state index in [0.717, 1.165) is 40.9 Å². The van der Waals surface area contributed by atoms with Crippen LogP contribution in [0.5, 0.6) is 0 Å². The molecule has 7 nitrogen and oxygen atoms in total. The van der Waals surface area contributed by atoms with Crippen LogP contribution in [-0.2, 0) is 0 Å². The first-order valence-electron chi connectivity index (χ1n) is 9.63. The highest BCUT2D eigenvalue weighted by molar-refractivity contribution is 7.11. The van der Waals surface area contributed by atoms with E-state index >= 15 is 0 Å². The second-order valence-corrected chi connectivity index (χ2v) is 8.08. The number of anilines is 3. The van der Waals surface area contributed by atoms with Crippen LogP contribution in [0.15, 0.2) is 35.8 Å². The summed E-state index contributed by atoms with van der Waals surface area (Å²) < 4.78 is 0. The molecule has 3 aromatic rings. The number of hydrogen-bond donors (Lipinski definition) is 1. The Hall–Kier alpha value is -3.00. The summed E-state index contributed by atoms with van der Waals surface area (Å²) in [5, 5.41) is 3.28. The fourth-order valence-corrected chi connectivity index (χ4v) is 4.09. The normalized spacial score (nSPS) is 14.2. The van der Waals surface area contributed by atoms with E-state index in [2.05, 4.69) is 39.2 Å². The monoisotopic (exact) mass is 408 g/mol. The molecular weight excluding hydrogens is 384 g/mol. The summed E-state index contributed by atoms with van der Waals surface area (Å²) in [5.41, 5.74) is 5.61. The maximum absolute atomic E-state index is 12.7. The summed E-state index contributed by atoms with van der Waals surface area (Å²) in [7, 11) is 0. The quantitative estimate of drug-likeness (QED) is 0.711. The van der Waals surface area contributed by atoms with Crippen molar-refractivity contribution in [3.05, 3.63) is 57.7 Å². The van der Waals surface area contributed by atoms with Crippen LogP contribution in [0.4, 0.5) is 17.5 Å². The number of benzene rings is 1. The van der Waals surface area contributed by atoms with Gasteiger partial charge in [0.25, 0.3) is 5.91 Å². The zero-order valence-electron chi connectivity index (χ0n) is 16.8. The van der Waals surface area contributed by atoms with E-state index in [9.17, 15) is 4.79 Å². The summed E-state index contributed by atoms with van der Waals surface area (Å²) in [6.45, 7) is 8.73. The first-order chi connectivity index (χ1) is 14.0. The second kappa shape index (κ2) is 8.16. The molecule has 0 unspecified atom stereocenters. The fraction of sp³-hybridized carbons (Fsp3) is 0.333. The topological polar surface area (TPSA) is 74.2 Å². The van der Waals surface area contributed by atoms with Gasteiger partial charge in [-0.05, 0) is 32.9 Å². The molecule has 0 bridgehead atoms. The Kier molecular flexibility index (Phi) is 5.44. The molecule has 150 valence electrons. The maximum atomic E-state index is 12.7. The minimum atomic E-state index is 0.0743. The molecule has 1 saturated heterocycles. The van der Waals surface area contributed by atoms with E-state index in [1.807, 2.05) is 36.9 Å². The molecule has 1 aromatic carbocycles. The first-order valence-corrected chi connectivity index (χ1v) is 10.5. The molecule has 0 aliphatic carbocycles. The number of aromatic nitrogens is 3. The molecule has 1 aliphatic rings. The third-order valence-electron chi connectivity index (χ3n) is 4.98. The average molecular weight is 409 g/mol. The van der Waals surface area contributed by atoms with Crippen LogP contribution in [0.25, 0.3) is 0 Å². The lowest BCUT2D eigenvalue weighted by Gasteiger charge is -2.35. The van der Waals surface area contributed by atoms with Crippen molar-refractivity contribution >= 4 is 34.7 Å². The van der Waals surface area contributed by atoms with Crippen molar-refractivity contribution in [3.8, 4) is 0 Å². The summed E-state index contributed by atoms with van der Waals surface area (Å²) in [4.78, 5) is 31.0. The Balaban J connectivity index is 1.44. The molecule has 1 amide bonds. The molecule has 2 aromatic heterocycles. The van der Waals surface area contributed by atoms with Gasteiger partial charge in [-0.1, -0.05) is 17.7 Å². The molecule has 3 heterocycles. The van der Waals surface area contributed by atoms with E-state index in [4.69, 9.17) is 4.98 Å². The fourth-order valence-electron chi connectivity index (χ4n) is 3.33. The highest BCUT2D eigenvalue weighted by Gasteiger charge is 2.25. The number of amides is 1. The van der Waals surface area contributed by atoms with E-state index in [0.29, 0.717) is 19.0 Å². The van der Waals surface area contributed by atoms with Crippen molar-refractivity contribution in [3.63, 3.8) is 0 Å². The molecule has 1 aliphatic heterocycles. The van der Waals surface area contributed by atoms with Gasteiger partial charge in [0.05, 0.1) is 11.2 Å². The number of nitrogens with zero attached hydrogens (tertiary/aromatic N) is 5. The second-order valence-electron chi connectivity index (χ2n) is 7.23. The number of nitrogens with one attached hydrogen (secondary N) is 1. The minimum Gasteiger partial charge on any atom is -0.353 e. The van der Waals surface area contributed by atoms with Crippen molar-refractivity contribution in [2.75, 3.05) is 36.4 Å². The number of hydrogen-bond acceptors (Lipinski definition) is 7. The van der Waals surface area contributed by atoms with Crippen molar-refractivity contribution in [2.45, 2.75) is 20.8 Å². The van der Waals surface area contributed by atoms with Crippen LogP contribution in [0.3, 0.4) is 0 Å². The van der Waals surface area contributed by atoms with Crippen LogP contribution in [0.1, 0.15) is 26.6 Å². The number of rotatable bonds is 4. The lowest BCUT2D eigenvalue weighted by molar-refractivity contribution is 0.0750. The Morgan fingerprint density at radius 3 is 2.41 bits per heavy atom. The number of carbonyl (C=O) groups is 1. The predicted octanol–water partition coefficient (Wildman–Crippen LogP) is 3.56. The molecular formula is C21H24N6OS. The van der Waals surface area contributed by atoms with E-state index in [1.54, 1.807) is 5.51 Å². The maximum Gasteiger partial charge on any atom is 0.265 e. The summed E-state index contributed by atoms with van der Waals surface area (Å²) in [5.74, 6) is 1.54. The van der Waals surface area contributed by atoms with E-state index in [1.165, 1.54) is 16.9 Å². The molecule has 4 rings (SSSR count). The predicted molar refractivity (Wildman–Crippen MR) is 116 cm³/mol. The Morgan fingerprint density at radius 2 is 1.76 bits per heavy atom. The highest BCUT2D eigenvalue weighted by Crippen LogP contribution is 2.21. The molecule has 0 radical (unpaired) electrons. The van der Waals surface area contributed by atoms with Gasteiger partial charge in [-0.25, -0.2) is 9.97 Å². The van der Waals surface area contributed by atoms with Gasteiger partial charge in [0.1, 0.15) is 10.7 Å². The molecule has 1 N–H and O–H groups in total. The van der Waals surface area contributed by atoms with Crippen molar-refractivity contribution in [1.29, 1.82) is 0 Å². The van der Waals surface area contributed by atoms with Gasteiger partial charge >= 0.3 is 0 Å². The Bertz CT molecular complexity index is 1010. The van der Waals surface area contributed by atoms with Crippen molar-refractivity contribution in [2.24, 2.45) is 0 Å². The summed E-state index contributed by atoms with van der Waals surface area (Å²) >= 11 is 1.41. The SMILES string of the molecule is Cc1ccc(Nc2nc(C)cc(N3CCN(C(=O)c4scnc4C)CC3)n2)cc1. The number of aryl methyl sites for hydroxylation is 3. The number of thiazole rings is 1. The van der Waals surface area contributed by atoms with Gasteiger partial charge < -0.3 is 15.1 Å². The average Bonchev–Trinajstić information content (AvgIpc) is 3.15. The van der Waals surface area contributed by atoms with Crippen LogP contribution in [0.2, 0.25) is 0 Å². The Morgan fingerprint density at radius 1 is 1.03 bits per heavy atom. The molecule has 29 heavy (non-hydrogen) atoms. The van der Waals surface area contributed by atoms with Crippen LogP contribution >= 0.6 is 11.3 Å². The summed E-state index contributed by atoms with van der Waals surface area (Å²) in [6.07, 6.45) is 0. The van der Waals surface area contributed by atoms with Gasteiger partial charge in [-0.3, -0.25) is 4.79 Å². The van der Waals surface area contributed by atoms with E-state index in [-0.39, 0.29) is 5.91 Å². The standard InChI is InChI=1S/C21H24N6OS/c1-14-4-6-17(7-5-14)24-21-23-15(2)12-18(25-21)26-8-10-27(11-9-26)20(28)19-16(3)22-13-29-19/h4-7,12-13H,8-11H2,1-3H3,(H,23,24,25). The molecule has 0 saturated carbocycles. The molecule has 1 fully saturated rings. The number of piperazine rings is 1. The van der Waals surface area contributed by atoms with Gasteiger partial charge in [0.2, 0.25) is 5.95 Å². The van der Waals surface area contributed by atoms with E-state index < -0.39 is 0 Å². The smallest absolute Gasteiger partial charge is 0.265 e.